The lowest BCUT2D eigenvalue weighted by Gasteiger charge is -2.25. The summed E-state index contributed by atoms with van der Waals surface area (Å²) in [6.07, 6.45) is 4.41. The highest BCUT2D eigenvalue weighted by Gasteiger charge is 2.12. The second kappa shape index (κ2) is 5.90. The molecule has 5 nitrogen and oxygen atoms in total. The largest absolute Gasteiger partial charge is 0.478 e. The van der Waals surface area contributed by atoms with Crippen LogP contribution in [0.5, 0.6) is 0 Å². The number of hydrogen-bond acceptors (Lipinski definition) is 5. The minimum absolute atomic E-state index is 0.775. The summed E-state index contributed by atoms with van der Waals surface area (Å²) in [5.41, 5.74) is 0. The lowest BCUT2D eigenvalue weighted by Crippen LogP contribution is -2.35. The summed E-state index contributed by atoms with van der Waals surface area (Å²) < 4.78 is 5.27. The molecule has 6 heteroatoms. The van der Waals surface area contributed by atoms with Crippen LogP contribution in [0, 0.1) is 0 Å². The van der Waals surface area contributed by atoms with Gasteiger partial charge in [-0.1, -0.05) is 0 Å². The summed E-state index contributed by atoms with van der Waals surface area (Å²) in [6, 6.07) is 0. The Balaban J connectivity index is 1.91. The summed E-state index contributed by atoms with van der Waals surface area (Å²) in [4.78, 5) is 17.8. The monoisotopic (exact) mass is 254 g/mol. The van der Waals surface area contributed by atoms with Gasteiger partial charge in [0, 0.05) is 30.2 Å². The minimum atomic E-state index is -0.937. The number of aromatic nitrogens is 1. The second-order valence-corrected chi connectivity index (χ2v) is 4.86. The van der Waals surface area contributed by atoms with Crippen LogP contribution >= 0.6 is 11.3 Å². The van der Waals surface area contributed by atoms with Gasteiger partial charge in [-0.25, -0.2) is 9.78 Å². The fourth-order valence-corrected chi connectivity index (χ4v) is 2.44. The Hall–Kier alpha value is -1.24. The Kier molecular flexibility index (Phi) is 4.24. The first-order valence-electron chi connectivity index (χ1n) is 5.40. The summed E-state index contributed by atoms with van der Waals surface area (Å²) in [7, 11) is 0. The van der Waals surface area contributed by atoms with Gasteiger partial charge in [-0.05, 0) is 6.08 Å². The molecule has 1 fully saturated rings. The van der Waals surface area contributed by atoms with Gasteiger partial charge in [0.2, 0.25) is 0 Å². The van der Waals surface area contributed by atoms with Gasteiger partial charge in [0.25, 0.3) is 0 Å². The summed E-state index contributed by atoms with van der Waals surface area (Å²) in [5.74, 6) is -0.937. The third-order valence-corrected chi connectivity index (χ3v) is 3.37. The zero-order valence-corrected chi connectivity index (χ0v) is 10.2. The van der Waals surface area contributed by atoms with Gasteiger partial charge in [-0.2, -0.15) is 0 Å². The lowest BCUT2D eigenvalue weighted by atomic mass is 10.4. The van der Waals surface area contributed by atoms with E-state index in [2.05, 4.69) is 9.88 Å². The molecule has 2 heterocycles. The topological polar surface area (TPSA) is 62.7 Å². The van der Waals surface area contributed by atoms with Crippen molar-refractivity contribution in [1.29, 1.82) is 0 Å². The zero-order valence-electron chi connectivity index (χ0n) is 9.33. The molecule has 1 aromatic rings. The molecule has 1 aromatic heterocycles. The Bertz CT molecular complexity index is 411. The average molecular weight is 254 g/mol. The molecular formula is C11H14N2O3S. The van der Waals surface area contributed by atoms with E-state index in [0.29, 0.717) is 0 Å². The van der Waals surface area contributed by atoms with Crippen LogP contribution in [0.4, 0.5) is 0 Å². The highest BCUT2D eigenvalue weighted by atomic mass is 32.1. The predicted molar refractivity (Wildman–Crippen MR) is 64.9 cm³/mol. The molecule has 0 aliphatic carbocycles. The van der Waals surface area contributed by atoms with Crippen molar-refractivity contribution in [3.8, 4) is 0 Å². The number of carboxylic acids is 1. The Morgan fingerprint density at radius 2 is 2.35 bits per heavy atom. The van der Waals surface area contributed by atoms with E-state index in [9.17, 15) is 4.79 Å². The van der Waals surface area contributed by atoms with E-state index >= 15 is 0 Å². The molecule has 0 radical (unpaired) electrons. The van der Waals surface area contributed by atoms with E-state index in [1.165, 1.54) is 11.3 Å². The standard InChI is InChI=1S/C11H14N2O3S/c14-11(15)2-1-9-7-12-10(17-9)8-13-3-5-16-6-4-13/h1-2,7H,3-6,8H2,(H,14,15)/b2-1+. The van der Waals surface area contributed by atoms with Crippen LogP contribution < -0.4 is 0 Å². The van der Waals surface area contributed by atoms with Crippen molar-refractivity contribution in [3.05, 3.63) is 22.2 Å². The maximum absolute atomic E-state index is 10.4. The van der Waals surface area contributed by atoms with Gasteiger partial charge in [0.15, 0.2) is 0 Å². The number of rotatable bonds is 4. The summed E-state index contributed by atoms with van der Waals surface area (Å²) >= 11 is 1.52. The van der Waals surface area contributed by atoms with Gasteiger partial charge in [-0.3, -0.25) is 4.90 Å². The molecule has 92 valence electrons. The lowest BCUT2D eigenvalue weighted by molar-refractivity contribution is -0.131. The van der Waals surface area contributed by atoms with Crippen LogP contribution in [-0.4, -0.2) is 47.3 Å². The molecular weight excluding hydrogens is 240 g/mol. The quantitative estimate of drug-likeness (QED) is 0.814. The van der Waals surface area contributed by atoms with Gasteiger partial charge < -0.3 is 9.84 Å². The fourth-order valence-electron chi connectivity index (χ4n) is 1.58. The van der Waals surface area contributed by atoms with Gasteiger partial charge >= 0.3 is 5.97 Å². The highest BCUT2D eigenvalue weighted by Crippen LogP contribution is 2.16. The van der Waals surface area contributed by atoms with E-state index in [-0.39, 0.29) is 0 Å². The molecule has 0 bridgehead atoms. The van der Waals surface area contributed by atoms with Gasteiger partial charge in [0.1, 0.15) is 5.01 Å². The van der Waals surface area contributed by atoms with Gasteiger partial charge in [0.05, 0.1) is 19.8 Å². The number of morpholine rings is 1. The summed E-state index contributed by atoms with van der Waals surface area (Å²) in [5, 5.41) is 9.53. The summed E-state index contributed by atoms with van der Waals surface area (Å²) in [6.45, 7) is 4.23. The van der Waals surface area contributed by atoms with E-state index in [4.69, 9.17) is 9.84 Å². The van der Waals surface area contributed by atoms with Crippen molar-refractivity contribution >= 4 is 23.4 Å². The van der Waals surface area contributed by atoms with Crippen molar-refractivity contribution < 1.29 is 14.6 Å². The molecule has 17 heavy (non-hydrogen) atoms. The van der Waals surface area contributed by atoms with E-state index < -0.39 is 5.97 Å². The van der Waals surface area contributed by atoms with Crippen LogP contribution in [0.2, 0.25) is 0 Å². The molecule has 0 amide bonds. The van der Waals surface area contributed by atoms with Crippen LogP contribution in [0.3, 0.4) is 0 Å². The number of aliphatic carboxylic acids is 1. The van der Waals surface area contributed by atoms with E-state index in [0.717, 1.165) is 48.8 Å². The van der Waals surface area contributed by atoms with E-state index in [1.54, 1.807) is 12.3 Å². The normalized spacial score (nSPS) is 17.6. The maximum atomic E-state index is 10.4. The second-order valence-electron chi connectivity index (χ2n) is 3.72. The number of thiazole rings is 1. The SMILES string of the molecule is O=C(O)/C=C/c1cnc(CN2CCOCC2)s1. The molecule has 0 saturated carbocycles. The maximum Gasteiger partial charge on any atom is 0.328 e. The Morgan fingerprint density at radius 1 is 1.59 bits per heavy atom. The van der Waals surface area contributed by atoms with Crippen molar-refractivity contribution in [1.82, 2.24) is 9.88 Å². The third-order valence-electron chi connectivity index (χ3n) is 2.42. The molecule has 1 aliphatic rings. The molecule has 2 rings (SSSR count). The average Bonchev–Trinajstić information content (AvgIpc) is 2.75. The first kappa shape index (κ1) is 12.2. The molecule has 0 aromatic carbocycles. The Morgan fingerprint density at radius 3 is 3.06 bits per heavy atom. The number of nitrogens with zero attached hydrogens (tertiary/aromatic N) is 2. The molecule has 0 spiro atoms. The van der Waals surface area contributed by atoms with Gasteiger partial charge in [-0.15, -0.1) is 11.3 Å². The third kappa shape index (κ3) is 3.92. The number of carbonyl (C=O) groups is 1. The van der Waals surface area contributed by atoms with E-state index in [1.807, 2.05) is 0 Å². The molecule has 0 unspecified atom stereocenters. The first-order valence-corrected chi connectivity index (χ1v) is 6.21. The fraction of sp³-hybridized carbons (Fsp3) is 0.455. The minimum Gasteiger partial charge on any atom is -0.478 e. The first-order chi connectivity index (χ1) is 8.24. The molecule has 1 saturated heterocycles. The molecule has 1 aliphatic heterocycles. The van der Waals surface area contributed by atoms with Crippen LogP contribution in [0.15, 0.2) is 12.3 Å². The van der Waals surface area contributed by atoms with Crippen molar-refractivity contribution in [2.24, 2.45) is 0 Å². The number of carboxylic acid groups (broad SMARTS) is 1. The van der Waals surface area contributed by atoms with Crippen molar-refractivity contribution in [3.63, 3.8) is 0 Å². The smallest absolute Gasteiger partial charge is 0.328 e. The van der Waals surface area contributed by atoms with Crippen LogP contribution in [0.1, 0.15) is 9.88 Å². The molecule has 0 atom stereocenters. The predicted octanol–water partition coefficient (Wildman–Crippen LogP) is 1.07. The van der Waals surface area contributed by atoms with Crippen LogP contribution in [0.25, 0.3) is 6.08 Å². The zero-order chi connectivity index (χ0) is 12.1. The molecule has 1 N–H and O–H groups in total. The number of hydrogen-bond donors (Lipinski definition) is 1. The number of ether oxygens (including phenoxy) is 1. The van der Waals surface area contributed by atoms with Crippen molar-refractivity contribution in [2.75, 3.05) is 26.3 Å². The highest BCUT2D eigenvalue weighted by molar-refractivity contribution is 7.12. The Labute approximate surface area is 103 Å². The van der Waals surface area contributed by atoms with Crippen LogP contribution in [-0.2, 0) is 16.1 Å². The van der Waals surface area contributed by atoms with Crippen molar-refractivity contribution in [2.45, 2.75) is 6.54 Å².